The van der Waals surface area contributed by atoms with Gasteiger partial charge in [0.1, 0.15) is 17.6 Å². The van der Waals surface area contributed by atoms with Crippen molar-refractivity contribution in [2.24, 2.45) is 5.92 Å². The van der Waals surface area contributed by atoms with Gasteiger partial charge in [-0.15, -0.1) is 0 Å². The van der Waals surface area contributed by atoms with Crippen LogP contribution in [0.25, 0.3) is 0 Å². The van der Waals surface area contributed by atoms with Crippen LogP contribution in [0.15, 0.2) is 36.4 Å². The fraction of sp³-hybridized carbons (Fsp3) is 0.423. The number of amides is 3. The molecule has 4 rings (SSSR count). The number of ether oxygens (including phenoxy) is 1. The second kappa shape index (κ2) is 9.08. The highest BCUT2D eigenvalue weighted by molar-refractivity contribution is 5.99. The fourth-order valence-corrected chi connectivity index (χ4v) is 4.68. The number of nitrogens with one attached hydrogen (secondary N) is 2. The predicted molar refractivity (Wildman–Crippen MR) is 126 cm³/mol. The molecule has 180 valence electrons. The van der Waals surface area contributed by atoms with Gasteiger partial charge in [0.25, 0.3) is 5.91 Å². The molecule has 0 bridgehead atoms. The van der Waals surface area contributed by atoms with Crippen LogP contribution >= 0.6 is 0 Å². The molecule has 0 aromatic heterocycles. The van der Waals surface area contributed by atoms with Crippen LogP contribution in [-0.4, -0.2) is 42.8 Å². The summed E-state index contributed by atoms with van der Waals surface area (Å²) in [7, 11) is 1.57. The van der Waals surface area contributed by atoms with Crippen LogP contribution in [0, 0.1) is 11.7 Å². The lowest BCUT2D eigenvalue weighted by Crippen LogP contribution is -2.48. The van der Waals surface area contributed by atoms with Crippen molar-refractivity contribution in [3.05, 3.63) is 58.9 Å². The second-order valence-corrected chi connectivity index (χ2v) is 9.89. The first-order valence-corrected chi connectivity index (χ1v) is 11.4. The maximum absolute atomic E-state index is 14.7. The summed E-state index contributed by atoms with van der Waals surface area (Å²) in [5.41, 5.74) is 2.11. The topological polar surface area (TPSA) is 87.7 Å². The fourth-order valence-electron chi connectivity index (χ4n) is 4.68. The third-order valence-corrected chi connectivity index (χ3v) is 6.48. The van der Waals surface area contributed by atoms with Gasteiger partial charge < -0.3 is 20.3 Å². The second-order valence-electron chi connectivity index (χ2n) is 9.89. The van der Waals surface area contributed by atoms with Gasteiger partial charge in [-0.1, -0.05) is 32.9 Å². The van der Waals surface area contributed by atoms with Gasteiger partial charge in [-0.3, -0.25) is 14.4 Å². The molecule has 2 aromatic rings. The number of hydrogen-bond donors (Lipinski definition) is 2. The molecule has 34 heavy (non-hydrogen) atoms. The van der Waals surface area contributed by atoms with E-state index in [0.717, 1.165) is 5.56 Å². The number of halogens is 1. The average molecular weight is 468 g/mol. The van der Waals surface area contributed by atoms with Crippen molar-refractivity contribution in [3.63, 3.8) is 0 Å². The standard InChI is InChI=1S/C26H30FN3O4/c1-26(2,3)20-8-5-17(13-21(20)27)29-24(32)23-19-7-6-18(34-4)11-15(19)9-10-30(23)25(33)16-12-22(31)28-14-16/h5-8,11,13,16,23H,9-10,12,14H2,1-4H3,(H,28,31)(H,29,32)/t16-,23?/m1/s1. The maximum Gasteiger partial charge on any atom is 0.251 e. The molecule has 0 spiro atoms. The van der Waals surface area contributed by atoms with E-state index in [0.29, 0.717) is 35.5 Å². The van der Waals surface area contributed by atoms with E-state index < -0.39 is 23.7 Å². The van der Waals surface area contributed by atoms with Crippen LogP contribution in [0.1, 0.15) is 49.9 Å². The lowest BCUT2D eigenvalue weighted by atomic mass is 9.86. The van der Waals surface area contributed by atoms with Gasteiger partial charge in [-0.25, -0.2) is 4.39 Å². The largest absolute Gasteiger partial charge is 0.497 e. The molecule has 1 saturated heterocycles. The molecule has 2 heterocycles. The summed E-state index contributed by atoms with van der Waals surface area (Å²) in [5.74, 6) is -1.08. The highest BCUT2D eigenvalue weighted by Gasteiger charge is 2.40. The van der Waals surface area contributed by atoms with Gasteiger partial charge in [-0.2, -0.15) is 0 Å². The predicted octanol–water partition coefficient (Wildman–Crippen LogP) is 3.33. The number of carbonyl (C=O) groups is 3. The third-order valence-electron chi connectivity index (χ3n) is 6.48. The molecule has 7 nitrogen and oxygen atoms in total. The number of rotatable bonds is 4. The Labute approximate surface area is 198 Å². The van der Waals surface area contributed by atoms with Crippen LogP contribution in [0.5, 0.6) is 5.75 Å². The first-order chi connectivity index (χ1) is 16.1. The molecule has 2 aromatic carbocycles. The summed E-state index contributed by atoms with van der Waals surface area (Å²) < 4.78 is 20.1. The van der Waals surface area contributed by atoms with E-state index in [-0.39, 0.29) is 30.2 Å². The Kier molecular flexibility index (Phi) is 6.34. The van der Waals surface area contributed by atoms with Crippen molar-refractivity contribution in [2.45, 2.75) is 45.1 Å². The van der Waals surface area contributed by atoms with E-state index in [4.69, 9.17) is 4.74 Å². The molecule has 2 N–H and O–H groups in total. The number of carbonyl (C=O) groups excluding carboxylic acids is 3. The third kappa shape index (κ3) is 4.62. The van der Waals surface area contributed by atoms with Crippen LogP contribution in [0.4, 0.5) is 10.1 Å². The lowest BCUT2D eigenvalue weighted by molar-refractivity contribution is -0.142. The molecule has 2 aliphatic rings. The summed E-state index contributed by atoms with van der Waals surface area (Å²) in [6, 6.07) is 9.17. The summed E-state index contributed by atoms with van der Waals surface area (Å²) in [4.78, 5) is 40.1. The van der Waals surface area contributed by atoms with E-state index in [9.17, 15) is 18.8 Å². The Morgan fingerprint density at radius 3 is 2.56 bits per heavy atom. The first-order valence-electron chi connectivity index (χ1n) is 11.4. The molecule has 0 aliphatic carbocycles. The van der Waals surface area contributed by atoms with Gasteiger partial charge in [0.2, 0.25) is 11.8 Å². The zero-order valence-corrected chi connectivity index (χ0v) is 19.9. The van der Waals surface area contributed by atoms with Gasteiger partial charge in [0.15, 0.2) is 0 Å². The van der Waals surface area contributed by atoms with Crippen LogP contribution in [0.3, 0.4) is 0 Å². The molecule has 1 fully saturated rings. The van der Waals surface area contributed by atoms with Crippen LogP contribution in [0.2, 0.25) is 0 Å². The number of benzene rings is 2. The minimum Gasteiger partial charge on any atom is -0.497 e. The van der Waals surface area contributed by atoms with Gasteiger partial charge in [-0.05, 0) is 52.8 Å². The molecule has 2 aliphatic heterocycles. The van der Waals surface area contributed by atoms with E-state index in [1.165, 1.54) is 11.0 Å². The molecular weight excluding hydrogens is 437 g/mol. The van der Waals surface area contributed by atoms with Gasteiger partial charge in [0, 0.05) is 25.2 Å². The molecule has 2 atom stereocenters. The van der Waals surface area contributed by atoms with Crippen molar-refractivity contribution >= 4 is 23.4 Å². The zero-order valence-electron chi connectivity index (χ0n) is 19.9. The van der Waals surface area contributed by atoms with Crippen molar-refractivity contribution in [3.8, 4) is 5.75 Å². The highest BCUT2D eigenvalue weighted by atomic mass is 19.1. The summed E-state index contributed by atoms with van der Waals surface area (Å²) in [6.07, 6.45) is 0.670. The van der Waals surface area contributed by atoms with Crippen LogP contribution < -0.4 is 15.4 Å². The van der Waals surface area contributed by atoms with E-state index in [1.807, 2.05) is 26.8 Å². The lowest BCUT2D eigenvalue weighted by Gasteiger charge is -2.37. The first kappa shape index (κ1) is 23.7. The summed E-state index contributed by atoms with van der Waals surface area (Å²) in [5, 5.41) is 5.48. The van der Waals surface area contributed by atoms with E-state index in [1.54, 1.807) is 31.4 Å². The Morgan fingerprint density at radius 1 is 1.18 bits per heavy atom. The molecule has 0 saturated carbocycles. The highest BCUT2D eigenvalue weighted by Crippen LogP contribution is 2.35. The average Bonchev–Trinajstić information content (AvgIpc) is 3.22. The smallest absolute Gasteiger partial charge is 0.251 e. The van der Waals surface area contributed by atoms with Crippen LogP contribution in [-0.2, 0) is 26.2 Å². The maximum atomic E-state index is 14.7. The Balaban J connectivity index is 1.66. The molecular formula is C26H30FN3O4. The van der Waals surface area contributed by atoms with Crippen molar-refractivity contribution < 1.29 is 23.5 Å². The van der Waals surface area contributed by atoms with E-state index >= 15 is 0 Å². The SMILES string of the molecule is COc1ccc2c(c1)CCN(C(=O)[C@H]1CNC(=O)C1)C2C(=O)Nc1ccc(C(C)(C)C)c(F)c1. The normalized spacial score (nSPS) is 19.9. The monoisotopic (exact) mass is 467 g/mol. The zero-order chi connectivity index (χ0) is 24.6. The van der Waals surface area contributed by atoms with Crippen molar-refractivity contribution in [1.82, 2.24) is 10.2 Å². The quantitative estimate of drug-likeness (QED) is 0.722. The number of nitrogens with zero attached hydrogens (tertiary/aromatic N) is 1. The Bertz CT molecular complexity index is 1140. The van der Waals surface area contributed by atoms with Crippen molar-refractivity contribution in [1.29, 1.82) is 0 Å². The van der Waals surface area contributed by atoms with Crippen molar-refractivity contribution in [2.75, 3.05) is 25.5 Å². The molecule has 8 heteroatoms. The molecule has 3 amide bonds. The molecule has 0 radical (unpaired) electrons. The Morgan fingerprint density at radius 2 is 1.94 bits per heavy atom. The summed E-state index contributed by atoms with van der Waals surface area (Å²) >= 11 is 0. The minimum absolute atomic E-state index is 0.110. The van der Waals surface area contributed by atoms with Gasteiger partial charge in [0.05, 0.1) is 13.0 Å². The number of hydrogen-bond acceptors (Lipinski definition) is 4. The minimum atomic E-state index is -0.900. The van der Waals surface area contributed by atoms with Gasteiger partial charge >= 0.3 is 0 Å². The Hall–Kier alpha value is -3.42. The molecule has 1 unspecified atom stereocenters. The number of fused-ring (bicyclic) bond motifs is 1. The summed E-state index contributed by atoms with van der Waals surface area (Å²) in [6.45, 7) is 6.35. The number of methoxy groups -OCH3 is 1. The number of anilines is 1. The van der Waals surface area contributed by atoms with E-state index in [2.05, 4.69) is 10.6 Å².